The topological polar surface area (TPSA) is 83.5 Å². The molecule has 3 aromatic carbocycles. The van der Waals surface area contributed by atoms with Gasteiger partial charge >= 0.3 is 57.4 Å². The van der Waals surface area contributed by atoms with Crippen LogP contribution in [0.4, 0.5) is 0 Å². The van der Waals surface area contributed by atoms with Gasteiger partial charge in [-0.2, -0.15) is 0 Å². The fraction of sp³-hybridized carbons (Fsp3) is 0.0455. The summed E-state index contributed by atoms with van der Waals surface area (Å²) in [5.74, 6) is -2.10. The van der Waals surface area contributed by atoms with Gasteiger partial charge in [0.05, 0.1) is 12.0 Å². The summed E-state index contributed by atoms with van der Waals surface area (Å²) >= 11 is 0. The monoisotopic (exact) mass is 398 g/mol. The minimum atomic E-state index is -0.603. The van der Waals surface area contributed by atoms with Crippen LogP contribution in [0.25, 0.3) is 0 Å². The molecule has 0 fully saturated rings. The van der Waals surface area contributed by atoms with Gasteiger partial charge in [-0.05, 0) is 30.3 Å². The number of hydrogen-bond donors (Lipinski definition) is 0. The molecule has 0 bridgehead atoms. The second-order valence-electron chi connectivity index (χ2n) is 5.80. The molecular formula is C22H15KO5. The molecule has 0 spiro atoms. The average Bonchev–Trinajstić information content (AvgIpc) is 2.69. The predicted octanol–water partition coefficient (Wildman–Crippen LogP) is 0.439. The summed E-state index contributed by atoms with van der Waals surface area (Å²) in [7, 11) is 0. The molecular weight excluding hydrogens is 383 g/mol. The molecule has 3 aromatic rings. The molecule has 6 heteroatoms. The number of Topliss-reactive ketones (excluding diaryl/α,β-unsaturated/α-hetero) is 2. The molecule has 134 valence electrons. The van der Waals surface area contributed by atoms with Gasteiger partial charge in [-0.3, -0.25) is 9.59 Å². The van der Waals surface area contributed by atoms with Crippen LogP contribution in [-0.2, 0) is 0 Å². The van der Waals surface area contributed by atoms with Gasteiger partial charge in [0, 0.05) is 11.1 Å². The second kappa shape index (κ2) is 10.5. The summed E-state index contributed by atoms with van der Waals surface area (Å²) in [6.45, 7) is 0. The molecule has 0 aliphatic carbocycles. The average molecular weight is 398 g/mol. The Morgan fingerprint density at radius 1 is 0.750 bits per heavy atom. The molecule has 0 aliphatic rings. The van der Waals surface area contributed by atoms with Gasteiger partial charge in [0.15, 0.2) is 11.6 Å². The van der Waals surface area contributed by atoms with E-state index in [1.54, 1.807) is 60.7 Å². The summed E-state index contributed by atoms with van der Waals surface area (Å²) in [5.41, 5.74) is 0.643. The van der Waals surface area contributed by atoms with Gasteiger partial charge in [-0.1, -0.05) is 54.3 Å². The molecule has 0 saturated carbocycles. The quantitative estimate of drug-likeness (QED) is 0.198. The van der Waals surface area contributed by atoms with Gasteiger partial charge in [-0.15, -0.1) is 0 Å². The molecule has 0 N–H and O–H groups in total. The zero-order chi connectivity index (χ0) is 19.2. The maximum atomic E-state index is 12.3. The Hall–Kier alpha value is -2.09. The Bertz CT molecular complexity index is 984. The van der Waals surface area contributed by atoms with E-state index in [4.69, 9.17) is 4.74 Å². The van der Waals surface area contributed by atoms with Crippen LogP contribution in [-0.4, -0.2) is 17.5 Å². The molecule has 28 heavy (non-hydrogen) atoms. The Kier molecular flexibility index (Phi) is 8.29. The zero-order valence-corrected chi connectivity index (χ0v) is 18.4. The van der Waals surface area contributed by atoms with E-state index >= 15 is 0 Å². The largest absolute Gasteiger partial charge is 1.00 e. The van der Waals surface area contributed by atoms with Crippen molar-refractivity contribution in [3.63, 3.8) is 0 Å². The fourth-order valence-electron chi connectivity index (χ4n) is 2.50. The van der Waals surface area contributed by atoms with E-state index in [2.05, 4.69) is 0 Å². The minimum absolute atomic E-state index is 0. The van der Waals surface area contributed by atoms with Gasteiger partial charge in [0.25, 0.3) is 0 Å². The normalized spacial score (nSPS) is 9.86. The van der Waals surface area contributed by atoms with Crippen LogP contribution >= 0.6 is 0 Å². The third kappa shape index (κ3) is 5.70. The standard InChI is InChI=1S/C22H16O5.K/c23-19(15-7-3-1-4-8-15)14-21(25)18-12-11-17(13-20(18)24)27-22(26)16-9-5-2-6-10-16;/h1-13,24H,14H2;/q;+1/p-1. The Balaban J connectivity index is 0.00000280. The second-order valence-corrected chi connectivity index (χ2v) is 5.80. The van der Waals surface area contributed by atoms with Crippen LogP contribution in [0, 0.1) is 0 Å². The first kappa shape index (κ1) is 22.2. The summed E-state index contributed by atoms with van der Waals surface area (Å²) in [5, 5.41) is 12.2. The van der Waals surface area contributed by atoms with Crippen LogP contribution in [0.2, 0.25) is 0 Å². The maximum absolute atomic E-state index is 12.3. The number of ketones is 2. The molecule has 0 unspecified atom stereocenters. The van der Waals surface area contributed by atoms with Crippen LogP contribution in [0.3, 0.4) is 0 Å². The van der Waals surface area contributed by atoms with Gasteiger partial charge in [-0.25, -0.2) is 4.79 Å². The molecule has 0 saturated heterocycles. The van der Waals surface area contributed by atoms with E-state index in [1.807, 2.05) is 0 Å². The Morgan fingerprint density at radius 3 is 1.89 bits per heavy atom. The number of carbonyl (C=O) groups is 3. The Labute approximate surface area is 204 Å². The Morgan fingerprint density at radius 2 is 1.32 bits per heavy atom. The summed E-state index contributed by atoms with van der Waals surface area (Å²) < 4.78 is 5.15. The molecule has 0 radical (unpaired) electrons. The summed E-state index contributed by atoms with van der Waals surface area (Å²) in [6, 6.07) is 20.4. The molecule has 3 rings (SSSR count). The molecule has 0 aliphatic heterocycles. The van der Waals surface area contributed by atoms with Crippen molar-refractivity contribution in [1.82, 2.24) is 0 Å². The predicted molar refractivity (Wildman–Crippen MR) is 97.0 cm³/mol. The fourth-order valence-corrected chi connectivity index (χ4v) is 2.50. The number of ether oxygens (including phenoxy) is 1. The summed E-state index contributed by atoms with van der Waals surface area (Å²) in [4.78, 5) is 36.4. The van der Waals surface area contributed by atoms with Crippen molar-refractivity contribution in [3.05, 3.63) is 95.6 Å². The number of esters is 1. The van der Waals surface area contributed by atoms with Crippen molar-refractivity contribution in [1.29, 1.82) is 0 Å². The van der Waals surface area contributed by atoms with Crippen LogP contribution < -0.4 is 61.2 Å². The smallest absolute Gasteiger partial charge is 0.872 e. The van der Waals surface area contributed by atoms with Crippen LogP contribution in [0.15, 0.2) is 78.9 Å². The van der Waals surface area contributed by atoms with Crippen molar-refractivity contribution in [2.45, 2.75) is 6.42 Å². The van der Waals surface area contributed by atoms with Crippen molar-refractivity contribution in [2.24, 2.45) is 0 Å². The minimum Gasteiger partial charge on any atom is -0.872 e. The van der Waals surface area contributed by atoms with E-state index in [-0.39, 0.29) is 68.5 Å². The maximum Gasteiger partial charge on any atom is 1.00 e. The molecule has 0 aromatic heterocycles. The molecule has 0 heterocycles. The third-order valence-corrected chi connectivity index (χ3v) is 3.89. The SMILES string of the molecule is O=C(CC(=O)c1ccc(OC(=O)c2ccccc2)cc1[O-])c1ccccc1.[K+]. The van der Waals surface area contributed by atoms with Crippen LogP contribution in [0.1, 0.15) is 37.5 Å². The number of rotatable bonds is 6. The van der Waals surface area contributed by atoms with Crippen LogP contribution in [0.5, 0.6) is 11.5 Å². The van der Waals surface area contributed by atoms with E-state index in [9.17, 15) is 19.5 Å². The van der Waals surface area contributed by atoms with Gasteiger partial charge in [0.1, 0.15) is 5.75 Å². The molecule has 0 atom stereocenters. The van der Waals surface area contributed by atoms with Crippen molar-refractivity contribution < 1.29 is 75.6 Å². The summed E-state index contributed by atoms with van der Waals surface area (Å²) in [6.07, 6.45) is -0.400. The van der Waals surface area contributed by atoms with E-state index < -0.39 is 23.9 Å². The van der Waals surface area contributed by atoms with Crippen molar-refractivity contribution in [2.75, 3.05) is 0 Å². The van der Waals surface area contributed by atoms with E-state index in [1.165, 1.54) is 12.1 Å². The number of benzene rings is 3. The van der Waals surface area contributed by atoms with Gasteiger partial charge < -0.3 is 9.84 Å². The first-order valence-electron chi connectivity index (χ1n) is 8.24. The molecule has 5 nitrogen and oxygen atoms in total. The van der Waals surface area contributed by atoms with Crippen molar-refractivity contribution >= 4 is 17.5 Å². The van der Waals surface area contributed by atoms with E-state index in [0.29, 0.717) is 11.1 Å². The number of hydrogen-bond acceptors (Lipinski definition) is 5. The first-order chi connectivity index (χ1) is 13.0. The molecule has 0 amide bonds. The first-order valence-corrected chi connectivity index (χ1v) is 8.24. The van der Waals surface area contributed by atoms with Crippen molar-refractivity contribution in [3.8, 4) is 11.5 Å². The van der Waals surface area contributed by atoms with E-state index in [0.717, 1.165) is 6.07 Å². The van der Waals surface area contributed by atoms with Gasteiger partial charge in [0.2, 0.25) is 0 Å². The number of carbonyl (C=O) groups excluding carboxylic acids is 3. The zero-order valence-electron chi connectivity index (χ0n) is 15.3. The third-order valence-electron chi connectivity index (χ3n) is 3.89.